The van der Waals surface area contributed by atoms with E-state index in [4.69, 9.17) is 5.73 Å². The minimum Gasteiger partial charge on any atom is -0.383 e. The summed E-state index contributed by atoms with van der Waals surface area (Å²) >= 11 is 2.29. The van der Waals surface area contributed by atoms with Crippen molar-refractivity contribution in [2.24, 2.45) is 0 Å². The predicted octanol–water partition coefficient (Wildman–Crippen LogP) is 4.14. The average Bonchev–Trinajstić information content (AvgIpc) is 3.23. The normalized spacial score (nSPS) is 10.2. The molecule has 0 saturated heterocycles. The summed E-state index contributed by atoms with van der Waals surface area (Å²) in [6.45, 7) is 0. The highest BCUT2D eigenvalue weighted by molar-refractivity contribution is 8.00. The molecule has 0 fully saturated rings. The fraction of sp³-hybridized carbons (Fsp3) is 0.0526. The van der Waals surface area contributed by atoms with Gasteiger partial charge in [-0.2, -0.15) is 10.5 Å². The first kappa shape index (κ1) is 20.3. The van der Waals surface area contributed by atoms with Gasteiger partial charge in [-0.25, -0.2) is 13.8 Å². The third-order valence-electron chi connectivity index (χ3n) is 3.73. The maximum absolute atomic E-state index is 13.3. The molecule has 0 unspecified atom stereocenters. The van der Waals surface area contributed by atoms with Gasteiger partial charge in [0.2, 0.25) is 5.91 Å². The van der Waals surface area contributed by atoms with Crippen LogP contribution in [-0.2, 0) is 4.79 Å². The minimum atomic E-state index is -1.08. The molecule has 29 heavy (non-hydrogen) atoms. The first-order valence-corrected chi connectivity index (χ1v) is 9.86. The number of carbonyl (C=O) groups is 1. The maximum Gasteiger partial charge on any atom is 0.234 e. The van der Waals surface area contributed by atoms with E-state index in [2.05, 4.69) is 10.3 Å². The van der Waals surface area contributed by atoms with Crippen LogP contribution in [0.2, 0.25) is 0 Å². The highest BCUT2D eigenvalue weighted by Gasteiger charge is 2.21. The topological polar surface area (TPSA) is 116 Å². The van der Waals surface area contributed by atoms with E-state index in [0.717, 1.165) is 23.9 Å². The van der Waals surface area contributed by atoms with E-state index in [0.29, 0.717) is 10.4 Å². The summed E-state index contributed by atoms with van der Waals surface area (Å²) in [7, 11) is 0. The molecule has 0 bridgehead atoms. The predicted molar refractivity (Wildman–Crippen MR) is 107 cm³/mol. The van der Waals surface area contributed by atoms with Crippen LogP contribution < -0.4 is 11.1 Å². The molecule has 0 aliphatic heterocycles. The Kier molecular flexibility index (Phi) is 6.07. The van der Waals surface area contributed by atoms with Crippen molar-refractivity contribution in [1.29, 1.82) is 10.5 Å². The number of benzene rings is 1. The first-order valence-electron chi connectivity index (χ1n) is 7.99. The minimum absolute atomic E-state index is 0.0431. The van der Waals surface area contributed by atoms with Gasteiger partial charge in [-0.3, -0.25) is 4.79 Å². The van der Waals surface area contributed by atoms with Gasteiger partial charge in [-0.15, -0.1) is 11.3 Å². The van der Waals surface area contributed by atoms with E-state index in [-0.39, 0.29) is 33.4 Å². The Labute approximate surface area is 172 Å². The van der Waals surface area contributed by atoms with Gasteiger partial charge in [-0.1, -0.05) is 17.8 Å². The van der Waals surface area contributed by atoms with Crippen molar-refractivity contribution in [3.05, 3.63) is 58.5 Å². The molecular weight excluding hydrogens is 416 g/mol. The number of thioether (sulfide) groups is 1. The number of pyridine rings is 1. The summed E-state index contributed by atoms with van der Waals surface area (Å²) in [5.41, 5.74) is 6.61. The lowest BCUT2D eigenvalue weighted by Crippen LogP contribution is -2.15. The van der Waals surface area contributed by atoms with Crippen LogP contribution in [0.5, 0.6) is 0 Å². The molecule has 1 aromatic carbocycles. The number of aromatic nitrogens is 1. The second-order valence-electron chi connectivity index (χ2n) is 5.59. The van der Waals surface area contributed by atoms with Crippen molar-refractivity contribution in [2.45, 2.75) is 5.03 Å². The van der Waals surface area contributed by atoms with Crippen LogP contribution in [0.25, 0.3) is 10.4 Å². The van der Waals surface area contributed by atoms with Crippen LogP contribution in [0.4, 0.5) is 20.3 Å². The van der Waals surface area contributed by atoms with Crippen LogP contribution in [0.1, 0.15) is 11.1 Å². The van der Waals surface area contributed by atoms with E-state index in [9.17, 15) is 24.1 Å². The third-order valence-corrected chi connectivity index (χ3v) is 5.59. The molecule has 6 nitrogen and oxygen atoms in total. The number of nitriles is 2. The monoisotopic (exact) mass is 427 g/mol. The maximum atomic E-state index is 13.3. The van der Waals surface area contributed by atoms with E-state index in [1.807, 2.05) is 12.1 Å². The Bertz CT molecular complexity index is 1170. The summed E-state index contributed by atoms with van der Waals surface area (Å²) in [4.78, 5) is 16.9. The SMILES string of the molecule is N#Cc1c(N)nc(SCC(=O)Nc2ccc(F)c(F)c2)c(C#N)c1-c1cccs1. The number of nitrogens with one attached hydrogen (secondary N) is 1. The van der Waals surface area contributed by atoms with Crippen LogP contribution in [-0.4, -0.2) is 16.6 Å². The molecule has 2 heterocycles. The number of hydrogen-bond acceptors (Lipinski definition) is 7. The molecule has 3 aromatic rings. The molecule has 144 valence electrons. The molecule has 0 aliphatic rings. The Morgan fingerprint density at radius 3 is 2.59 bits per heavy atom. The smallest absolute Gasteiger partial charge is 0.234 e. The average molecular weight is 427 g/mol. The summed E-state index contributed by atoms with van der Waals surface area (Å²) in [6.07, 6.45) is 0. The Morgan fingerprint density at radius 1 is 1.21 bits per heavy atom. The zero-order chi connectivity index (χ0) is 21.0. The van der Waals surface area contributed by atoms with Crippen LogP contribution >= 0.6 is 23.1 Å². The standard InChI is InChI=1S/C19H11F2N5OS2/c20-13-4-3-10(6-14(13)21)25-16(27)9-29-19-12(8-23)17(15-2-1-5-28-15)11(7-22)18(24)26-19/h1-6H,9H2,(H2,24,26)(H,25,27). The largest absolute Gasteiger partial charge is 0.383 e. The Balaban J connectivity index is 1.86. The molecule has 0 aliphatic carbocycles. The second-order valence-corrected chi connectivity index (χ2v) is 7.51. The van der Waals surface area contributed by atoms with Gasteiger partial charge in [-0.05, 0) is 23.6 Å². The number of anilines is 2. The number of carbonyl (C=O) groups excluding carboxylic acids is 1. The van der Waals surface area contributed by atoms with Gasteiger partial charge in [0.1, 0.15) is 28.5 Å². The van der Waals surface area contributed by atoms with Crippen molar-refractivity contribution in [3.63, 3.8) is 0 Å². The van der Waals surface area contributed by atoms with Crippen molar-refractivity contribution < 1.29 is 13.6 Å². The quantitative estimate of drug-likeness (QED) is 0.591. The van der Waals surface area contributed by atoms with Gasteiger partial charge in [0, 0.05) is 22.2 Å². The number of thiophene rings is 1. The summed E-state index contributed by atoms with van der Waals surface area (Å²) in [6, 6.07) is 10.5. The molecule has 0 radical (unpaired) electrons. The van der Waals surface area contributed by atoms with Crippen molar-refractivity contribution in [3.8, 4) is 22.6 Å². The van der Waals surface area contributed by atoms with Gasteiger partial charge < -0.3 is 11.1 Å². The zero-order valence-corrected chi connectivity index (χ0v) is 16.2. The van der Waals surface area contributed by atoms with Crippen molar-refractivity contribution in [1.82, 2.24) is 4.98 Å². The number of nitrogens with two attached hydrogens (primary N) is 1. The van der Waals surface area contributed by atoms with Gasteiger partial charge >= 0.3 is 0 Å². The number of amides is 1. The van der Waals surface area contributed by atoms with E-state index in [1.54, 1.807) is 17.5 Å². The lowest BCUT2D eigenvalue weighted by molar-refractivity contribution is -0.113. The number of halogens is 2. The molecule has 10 heteroatoms. The van der Waals surface area contributed by atoms with E-state index in [1.165, 1.54) is 17.4 Å². The van der Waals surface area contributed by atoms with Crippen LogP contribution in [0.15, 0.2) is 40.7 Å². The lowest BCUT2D eigenvalue weighted by atomic mass is 10.0. The second kappa shape index (κ2) is 8.69. The van der Waals surface area contributed by atoms with Gasteiger partial charge in [0.15, 0.2) is 11.6 Å². The molecule has 3 rings (SSSR count). The summed E-state index contributed by atoms with van der Waals surface area (Å²) in [5.74, 6) is -2.81. The van der Waals surface area contributed by atoms with E-state index < -0.39 is 17.5 Å². The molecule has 1 amide bonds. The van der Waals surface area contributed by atoms with E-state index >= 15 is 0 Å². The number of rotatable bonds is 5. The first-order chi connectivity index (χ1) is 13.9. The van der Waals surface area contributed by atoms with Crippen LogP contribution in [0, 0.1) is 34.3 Å². The van der Waals surface area contributed by atoms with Crippen LogP contribution in [0.3, 0.4) is 0 Å². The molecule has 0 atom stereocenters. The molecule has 2 aromatic heterocycles. The van der Waals surface area contributed by atoms with Gasteiger partial charge in [0.25, 0.3) is 0 Å². The van der Waals surface area contributed by atoms with Crippen molar-refractivity contribution in [2.75, 3.05) is 16.8 Å². The number of nitrogens with zero attached hydrogens (tertiary/aromatic N) is 3. The Morgan fingerprint density at radius 2 is 1.97 bits per heavy atom. The molecule has 0 saturated carbocycles. The molecular formula is C19H11F2N5OS2. The fourth-order valence-electron chi connectivity index (χ4n) is 2.47. The molecule has 3 N–H and O–H groups in total. The zero-order valence-electron chi connectivity index (χ0n) is 14.6. The van der Waals surface area contributed by atoms with Crippen molar-refractivity contribution >= 4 is 40.5 Å². The third kappa shape index (κ3) is 4.35. The Hall–Kier alpha value is -3.47. The summed E-state index contributed by atoms with van der Waals surface area (Å²) in [5, 5.41) is 23.5. The fourth-order valence-corrected chi connectivity index (χ4v) is 4.05. The number of nitrogen functional groups attached to an aromatic ring is 1. The molecule has 0 spiro atoms. The highest BCUT2D eigenvalue weighted by Crippen LogP contribution is 2.37. The van der Waals surface area contributed by atoms with Gasteiger partial charge in [0.05, 0.1) is 11.3 Å². The number of hydrogen-bond donors (Lipinski definition) is 2. The summed E-state index contributed by atoms with van der Waals surface area (Å²) < 4.78 is 26.2. The lowest BCUT2D eigenvalue weighted by Gasteiger charge is -2.11. The highest BCUT2D eigenvalue weighted by atomic mass is 32.2.